The summed E-state index contributed by atoms with van der Waals surface area (Å²) < 4.78 is 10.6. The molecule has 20 heavy (non-hydrogen) atoms. The third-order valence-corrected chi connectivity index (χ3v) is 3.00. The highest BCUT2D eigenvalue weighted by molar-refractivity contribution is 5.84. The number of hydrogen-bond donors (Lipinski definition) is 2. The quantitative estimate of drug-likeness (QED) is 0.871. The third kappa shape index (κ3) is 3.51. The number of urea groups is 1. The van der Waals surface area contributed by atoms with E-state index in [0.29, 0.717) is 25.5 Å². The fourth-order valence-electron chi connectivity index (χ4n) is 2.05. The van der Waals surface area contributed by atoms with Gasteiger partial charge in [-0.3, -0.25) is 0 Å². The molecule has 0 aliphatic carbocycles. The van der Waals surface area contributed by atoms with Gasteiger partial charge < -0.3 is 24.5 Å². The largest absolute Gasteiger partial charge is 0.475 e. The fourth-order valence-corrected chi connectivity index (χ4v) is 2.05. The molecule has 1 aromatic rings. The number of furan rings is 1. The van der Waals surface area contributed by atoms with Gasteiger partial charge in [0, 0.05) is 6.54 Å². The Hall–Kier alpha value is -2.02. The minimum absolute atomic E-state index is 0.137. The molecule has 1 fully saturated rings. The summed E-state index contributed by atoms with van der Waals surface area (Å²) in [7, 11) is 0. The van der Waals surface area contributed by atoms with Gasteiger partial charge in [-0.2, -0.15) is 0 Å². The van der Waals surface area contributed by atoms with E-state index < -0.39 is 5.97 Å². The number of carbonyl (C=O) groups is 2. The number of amides is 2. The van der Waals surface area contributed by atoms with Crippen molar-refractivity contribution in [2.24, 2.45) is 0 Å². The van der Waals surface area contributed by atoms with Gasteiger partial charge in [-0.1, -0.05) is 0 Å². The van der Waals surface area contributed by atoms with Gasteiger partial charge in [0.25, 0.3) is 0 Å². The van der Waals surface area contributed by atoms with Crippen LogP contribution in [0.3, 0.4) is 0 Å². The lowest BCUT2D eigenvalue weighted by Crippen LogP contribution is -2.53. The molecule has 7 heteroatoms. The summed E-state index contributed by atoms with van der Waals surface area (Å²) in [5, 5.41) is 11.4. The molecule has 0 radical (unpaired) electrons. The van der Waals surface area contributed by atoms with Crippen LogP contribution in [0.15, 0.2) is 16.5 Å². The molecule has 7 nitrogen and oxygen atoms in total. The standard InChI is InChI=1S/C13H18N2O5/c1-13(2)8-15(5-6-19-13)12(18)14-7-9-3-4-10(20-9)11(16)17/h3-4H,5-8H2,1-2H3,(H,14,18)(H,16,17). The first-order chi connectivity index (χ1) is 9.37. The summed E-state index contributed by atoms with van der Waals surface area (Å²) in [5.74, 6) is -0.859. The van der Waals surface area contributed by atoms with Crippen LogP contribution in [0, 0.1) is 0 Å². The Kier molecular flexibility index (Phi) is 3.99. The maximum Gasteiger partial charge on any atom is 0.371 e. The molecule has 2 amide bonds. The van der Waals surface area contributed by atoms with Crippen LogP contribution in [0.2, 0.25) is 0 Å². The molecule has 0 aromatic carbocycles. The van der Waals surface area contributed by atoms with Crippen molar-refractivity contribution in [2.75, 3.05) is 19.7 Å². The van der Waals surface area contributed by atoms with Crippen LogP contribution in [-0.2, 0) is 11.3 Å². The number of morpholine rings is 1. The summed E-state index contributed by atoms with van der Waals surface area (Å²) in [6, 6.07) is 2.68. The van der Waals surface area contributed by atoms with Crippen molar-refractivity contribution in [3.63, 3.8) is 0 Å². The van der Waals surface area contributed by atoms with Crippen molar-refractivity contribution in [1.29, 1.82) is 0 Å². The molecule has 0 atom stereocenters. The lowest BCUT2D eigenvalue weighted by molar-refractivity contribution is -0.0733. The molecule has 0 bridgehead atoms. The third-order valence-electron chi connectivity index (χ3n) is 3.00. The Bertz CT molecular complexity index is 509. The molecule has 1 aliphatic heterocycles. The summed E-state index contributed by atoms with van der Waals surface area (Å²) >= 11 is 0. The van der Waals surface area contributed by atoms with E-state index in [2.05, 4.69) is 5.32 Å². The Morgan fingerprint density at radius 1 is 1.45 bits per heavy atom. The van der Waals surface area contributed by atoms with Gasteiger partial charge in [-0.25, -0.2) is 9.59 Å². The van der Waals surface area contributed by atoms with E-state index in [-0.39, 0.29) is 23.9 Å². The van der Waals surface area contributed by atoms with E-state index in [1.807, 2.05) is 13.8 Å². The number of aromatic carboxylic acids is 1. The lowest BCUT2D eigenvalue weighted by Gasteiger charge is -2.37. The molecule has 2 rings (SSSR count). The molecule has 1 aliphatic rings. The van der Waals surface area contributed by atoms with Gasteiger partial charge in [0.05, 0.1) is 25.3 Å². The highest BCUT2D eigenvalue weighted by Crippen LogP contribution is 2.16. The van der Waals surface area contributed by atoms with Crippen molar-refractivity contribution in [1.82, 2.24) is 10.2 Å². The molecule has 2 N–H and O–H groups in total. The number of nitrogens with one attached hydrogen (secondary N) is 1. The molecule has 0 unspecified atom stereocenters. The minimum atomic E-state index is -1.13. The molecule has 0 saturated carbocycles. The summed E-state index contributed by atoms with van der Waals surface area (Å²) in [6.07, 6.45) is 0. The molecule has 2 heterocycles. The van der Waals surface area contributed by atoms with Crippen LogP contribution in [0.4, 0.5) is 4.79 Å². The first-order valence-electron chi connectivity index (χ1n) is 6.36. The average Bonchev–Trinajstić information content (AvgIpc) is 2.83. The summed E-state index contributed by atoms with van der Waals surface area (Å²) in [4.78, 5) is 24.3. The van der Waals surface area contributed by atoms with Crippen molar-refractivity contribution < 1.29 is 23.8 Å². The Labute approximate surface area is 116 Å². The highest BCUT2D eigenvalue weighted by Gasteiger charge is 2.29. The van der Waals surface area contributed by atoms with Gasteiger partial charge >= 0.3 is 12.0 Å². The van der Waals surface area contributed by atoms with Crippen molar-refractivity contribution in [3.8, 4) is 0 Å². The SMILES string of the molecule is CC1(C)CN(C(=O)NCc2ccc(C(=O)O)o2)CCO1. The summed E-state index contributed by atoms with van der Waals surface area (Å²) in [6.45, 7) is 5.57. The normalized spacial score (nSPS) is 17.8. The van der Waals surface area contributed by atoms with Gasteiger partial charge in [-0.05, 0) is 26.0 Å². The zero-order valence-corrected chi connectivity index (χ0v) is 11.5. The maximum atomic E-state index is 12.0. The predicted molar refractivity (Wildman–Crippen MR) is 69.5 cm³/mol. The van der Waals surface area contributed by atoms with E-state index in [1.165, 1.54) is 12.1 Å². The Morgan fingerprint density at radius 3 is 2.80 bits per heavy atom. The highest BCUT2D eigenvalue weighted by atomic mass is 16.5. The van der Waals surface area contributed by atoms with Crippen LogP contribution in [0.1, 0.15) is 30.2 Å². The second-order valence-corrected chi connectivity index (χ2v) is 5.26. The lowest BCUT2D eigenvalue weighted by atomic mass is 10.1. The van der Waals surface area contributed by atoms with E-state index in [1.54, 1.807) is 4.90 Å². The number of carboxylic acids is 1. The molecular formula is C13H18N2O5. The Balaban J connectivity index is 1.86. The van der Waals surface area contributed by atoms with E-state index in [9.17, 15) is 9.59 Å². The summed E-state index contributed by atoms with van der Waals surface area (Å²) in [5.41, 5.74) is -0.350. The molecule has 1 saturated heterocycles. The van der Waals surface area contributed by atoms with Crippen LogP contribution in [0.5, 0.6) is 0 Å². The number of hydrogen-bond acceptors (Lipinski definition) is 4. The van der Waals surface area contributed by atoms with Crippen LogP contribution in [-0.4, -0.2) is 47.3 Å². The molecule has 1 aromatic heterocycles. The number of carboxylic acid groups (broad SMARTS) is 1. The zero-order valence-electron chi connectivity index (χ0n) is 11.5. The van der Waals surface area contributed by atoms with Gasteiger partial charge in [0.1, 0.15) is 5.76 Å². The van der Waals surface area contributed by atoms with Gasteiger partial charge in [0.15, 0.2) is 0 Å². The van der Waals surface area contributed by atoms with Crippen molar-refractivity contribution in [2.45, 2.75) is 26.0 Å². The second kappa shape index (κ2) is 5.54. The topological polar surface area (TPSA) is 92.0 Å². The smallest absolute Gasteiger partial charge is 0.371 e. The first kappa shape index (κ1) is 14.4. The van der Waals surface area contributed by atoms with E-state index in [0.717, 1.165) is 0 Å². The average molecular weight is 282 g/mol. The van der Waals surface area contributed by atoms with Gasteiger partial charge in [-0.15, -0.1) is 0 Å². The monoisotopic (exact) mass is 282 g/mol. The second-order valence-electron chi connectivity index (χ2n) is 5.26. The Morgan fingerprint density at radius 2 is 2.20 bits per heavy atom. The van der Waals surface area contributed by atoms with Crippen LogP contribution >= 0.6 is 0 Å². The van der Waals surface area contributed by atoms with Crippen LogP contribution in [0.25, 0.3) is 0 Å². The number of carbonyl (C=O) groups excluding carboxylic acids is 1. The van der Waals surface area contributed by atoms with Crippen molar-refractivity contribution >= 4 is 12.0 Å². The predicted octanol–water partition coefficient (Wildman–Crippen LogP) is 1.30. The number of ether oxygens (including phenoxy) is 1. The fraction of sp³-hybridized carbons (Fsp3) is 0.538. The molecular weight excluding hydrogens is 264 g/mol. The minimum Gasteiger partial charge on any atom is -0.475 e. The molecule has 0 spiro atoms. The van der Waals surface area contributed by atoms with E-state index >= 15 is 0 Å². The maximum absolute atomic E-state index is 12.0. The van der Waals surface area contributed by atoms with Gasteiger partial charge in [0.2, 0.25) is 5.76 Å². The first-order valence-corrected chi connectivity index (χ1v) is 6.36. The molecule has 110 valence electrons. The van der Waals surface area contributed by atoms with E-state index in [4.69, 9.17) is 14.3 Å². The number of rotatable bonds is 3. The van der Waals surface area contributed by atoms with Crippen LogP contribution < -0.4 is 5.32 Å². The van der Waals surface area contributed by atoms with Crippen molar-refractivity contribution in [3.05, 3.63) is 23.7 Å². The zero-order chi connectivity index (χ0) is 14.8. The number of nitrogens with zero attached hydrogens (tertiary/aromatic N) is 1.